The highest BCUT2D eigenvalue weighted by Gasteiger charge is 2.30. The second-order valence-electron chi connectivity index (χ2n) is 6.98. The standard InChI is InChI=1S/C18H24N2O3S2/c1-18(2,3)15(19-17(22)23)10-16(21)20(11-13-6-4-8-24-13)12-14-7-5-9-25-14/h4-9,15,19H,10-12H2,1-3H3,(H,22,23). The Bertz CT molecular complexity index is 639. The highest BCUT2D eigenvalue weighted by Crippen LogP contribution is 2.24. The van der Waals surface area contributed by atoms with Gasteiger partial charge in [0, 0.05) is 22.2 Å². The molecule has 2 aromatic rings. The van der Waals surface area contributed by atoms with Gasteiger partial charge in [-0.2, -0.15) is 0 Å². The topological polar surface area (TPSA) is 69.6 Å². The van der Waals surface area contributed by atoms with Crippen LogP contribution in [0.5, 0.6) is 0 Å². The maximum Gasteiger partial charge on any atom is 0.404 e. The first kappa shape index (κ1) is 19.5. The van der Waals surface area contributed by atoms with Crippen molar-refractivity contribution >= 4 is 34.7 Å². The summed E-state index contributed by atoms with van der Waals surface area (Å²) in [5.41, 5.74) is -0.342. The number of hydrogen-bond donors (Lipinski definition) is 2. The van der Waals surface area contributed by atoms with Crippen LogP contribution in [0.2, 0.25) is 0 Å². The lowest BCUT2D eigenvalue weighted by molar-refractivity contribution is -0.133. The molecule has 2 amide bonds. The number of carboxylic acid groups (broad SMARTS) is 1. The predicted octanol–water partition coefficient (Wildman–Crippen LogP) is 4.41. The number of carbonyl (C=O) groups is 2. The van der Waals surface area contributed by atoms with Gasteiger partial charge in [0.2, 0.25) is 5.91 Å². The molecule has 2 aromatic heterocycles. The zero-order valence-corrected chi connectivity index (χ0v) is 16.3. The SMILES string of the molecule is CC(C)(C)C(CC(=O)N(Cc1cccs1)Cc1cccs1)NC(=O)O. The van der Waals surface area contributed by atoms with Gasteiger partial charge in [-0.1, -0.05) is 32.9 Å². The summed E-state index contributed by atoms with van der Waals surface area (Å²) < 4.78 is 0. The van der Waals surface area contributed by atoms with Gasteiger partial charge in [0.1, 0.15) is 0 Å². The third kappa shape index (κ3) is 6.17. The Morgan fingerprint density at radius 3 is 2.00 bits per heavy atom. The lowest BCUT2D eigenvalue weighted by Crippen LogP contribution is -2.46. The fourth-order valence-corrected chi connectivity index (χ4v) is 3.88. The fourth-order valence-electron chi connectivity index (χ4n) is 2.44. The number of amides is 2. The number of nitrogens with zero attached hydrogens (tertiary/aromatic N) is 1. The predicted molar refractivity (Wildman–Crippen MR) is 102 cm³/mol. The van der Waals surface area contributed by atoms with Crippen LogP contribution >= 0.6 is 22.7 Å². The van der Waals surface area contributed by atoms with E-state index < -0.39 is 12.1 Å². The molecule has 0 saturated heterocycles. The molecule has 0 aliphatic rings. The first-order valence-corrected chi connectivity index (χ1v) is 9.83. The average molecular weight is 381 g/mol. The molecule has 2 N–H and O–H groups in total. The highest BCUT2D eigenvalue weighted by molar-refractivity contribution is 7.10. The van der Waals surface area contributed by atoms with Crippen molar-refractivity contribution in [1.82, 2.24) is 10.2 Å². The van der Waals surface area contributed by atoms with E-state index in [-0.39, 0.29) is 17.7 Å². The monoisotopic (exact) mass is 380 g/mol. The van der Waals surface area contributed by atoms with Gasteiger partial charge >= 0.3 is 6.09 Å². The third-order valence-corrected chi connectivity index (χ3v) is 5.65. The molecule has 1 atom stereocenters. The van der Waals surface area contributed by atoms with E-state index in [1.165, 1.54) is 0 Å². The summed E-state index contributed by atoms with van der Waals surface area (Å²) in [6, 6.07) is 7.52. The molecule has 136 valence electrons. The molecule has 0 radical (unpaired) electrons. The molecule has 2 heterocycles. The van der Waals surface area contributed by atoms with E-state index in [0.29, 0.717) is 13.1 Å². The first-order chi connectivity index (χ1) is 11.8. The van der Waals surface area contributed by atoms with Crippen molar-refractivity contribution in [1.29, 1.82) is 0 Å². The molecule has 0 fully saturated rings. The van der Waals surface area contributed by atoms with Gasteiger partial charge in [-0.3, -0.25) is 4.79 Å². The van der Waals surface area contributed by atoms with E-state index in [0.717, 1.165) is 9.75 Å². The molecule has 0 aliphatic carbocycles. The van der Waals surface area contributed by atoms with Crippen LogP contribution in [0, 0.1) is 5.41 Å². The Morgan fingerprint density at radius 1 is 1.12 bits per heavy atom. The minimum atomic E-state index is -1.10. The van der Waals surface area contributed by atoms with Gasteiger partial charge in [-0.25, -0.2) is 4.79 Å². The van der Waals surface area contributed by atoms with Crippen LogP contribution in [0.1, 0.15) is 36.9 Å². The van der Waals surface area contributed by atoms with Gasteiger partial charge in [-0.15, -0.1) is 22.7 Å². The Morgan fingerprint density at radius 2 is 1.64 bits per heavy atom. The highest BCUT2D eigenvalue weighted by atomic mass is 32.1. The zero-order valence-electron chi connectivity index (χ0n) is 14.7. The van der Waals surface area contributed by atoms with Crippen LogP contribution in [0.3, 0.4) is 0 Å². The molecule has 0 aliphatic heterocycles. The number of rotatable bonds is 7. The molecule has 5 nitrogen and oxygen atoms in total. The van der Waals surface area contributed by atoms with E-state index in [2.05, 4.69) is 5.32 Å². The van der Waals surface area contributed by atoms with Crippen molar-refractivity contribution in [3.63, 3.8) is 0 Å². The van der Waals surface area contributed by atoms with Crippen molar-refractivity contribution in [2.75, 3.05) is 0 Å². The maximum atomic E-state index is 12.9. The van der Waals surface area contributed by atoms with Crippen molar-refractivity contribution in [2.45, 2.75) is 46.3 Å². The molecule has 0 aromatic carbocycles. The van der Waals surface area contributed by atoms with Gasteiger partial charge in [0.25, 0.3) is 0 Å². The van der Waals surface area contributed by atoms with Crippen LogP contribution in [-0.2, 0) is 17.9 Å². The minimum absolute atomic E-state index is 0.0459. The average Bonchev–Trinajstić information content (AvgIpc) is 3.17. The summed E-state index contributed by atoms with van der Waals surface area (Å²) >= 11 is 3.23. The second kappa shape index (κ2) is 8.49. The molecule has 2 rings (SSSR count). The van der Waals surface area contributed by atoms with Gasteiger partial charge in [-0.05, 0) is 28.3 Å². The van der Waals surface area contributed by atoms with Gasteiger partial charge in [0.15, 0.2) is 0 Å². The molecule has 25 heavy (non-hydrogen) atoms. The van der Waals surface area contributed by atoms with Crippen LogP contribution in [-0.4, -0.2) is 28.0 Å². The molecule has 0 bridgehead atoms. The van der Waals surface area contributed by atoms with Crippen molar-refractivity contribution in [3.8, 4) is 0 Å². The lowest BCUT2D eigenvalue weighted by atomic mass is 9.84. The Balaban J connectivity index is 2.13. The Labute approximate surface area is 156 Å². The van der Waals surface area contributed by atoms with E-state index in [9.17, 15) is 9.59 Å². The molecule has 7 heteroatoms. The molecular formula is C18H24N2O3S2. The summed E-state index contributed by atoms with van der Waals surface area (Å²) in [6.45, 7) is 6.88. The van der Waals surface area contributed by atoms with Gasteiger partial charge < -0.3 is 15.3 Å². The normalized spacial score (nSPS) is 12.6. The molecular weight excluding hydrogens is 356 g/mol. The quantitative estimate of drug-likeness (QED) is 0.747. The number of nitrogens with one attached hydrogen (secondary N) is 1. The number of carbonyl (C=O) groups excluding carboxylic acids is 1. The summed E-state index contributed by atoms with van der Waals surface area (Å²) in [5, 5.41) is 15.6. The largest absolute Gasteiger partial charge is 0.465 e. The molecule has 0 spiro atoms. The minimum Gasteiger partial charge on any atom is -0.465 e. The van der Waals surface area contributed by atoms with Crippen LogP contribution in [0.4, 0.5) is 4.79 Å². The van der Waals surface area contributed by atoms with Crippen molar-refractivity contribution < 1.29 is 14.7 Å². The van der Waals surface area contributed by atoms with Crippen LogP contribution in [0.25, 0.3) is 0 Å². The summed E-state index contributed by atoms with van der Waals surface area (Å²) in [4.78, 5) is 28.1. The smallest absolute Gasteiger partial charge is 0.404 e. The van der Waals surface area contributed by atoms with Crippen LogP contribution in [0.15, 0.2) is 35.0 Å². The third-order valence-electron chi connectivity index (χ3n) is 3.93. The van der Waals surface area contributed by atoms with Crippen molar-refractivity contribution in [2.24, 2.45) is 5.41 Å². The lowest BCUT2D eigenvalue weighted by Gasteiger charge is -2.32. The molecule has 1 unspecified atom stereocenters. The fraction of sp³-hybridized carbons (Fsp3) is 0.444. The van der Waals surface area contributed by atoms with E-state index in [1.807, 2.05) is 55.8 Å². The number of thiophene rings is 2. The zero-order chi connectivity index (χ0) is 18.4. The number of hydrogen-bond acceptors (Lipinski definition) is 4. The summed E-state index contributed by atoms with van der Waals surface area (Å²) in [6.07, 6.45) is -0.956. The Kier molecular flexibility index (Phi) is 6.61. The summed E-state index contributed by atoms with van der Waals surface area (Å²) in [7, 11) is 0. The second-order valence-corrected chi connectivity index (χ2v) is 9.05. The van der Waals surface area contributed by atoms with Crippen molar-refractivity contribution in [3.05, 3.63) is 44.8 Å². The summed E-state index contributed by atoms with van der Waals surface area (Å²) in [5.74, 6) is -0.0459. The van der Waals surface area contributed by atoms with E-state index in [4.69, 9.17) is 5.11 Å². The van der Waals surface area contributed by atoms with E-state index >= 15 is 0 Å². The first-order valence-electron chi connectivity index (χ1n) is 8.07. The molecule has 0 saturated carbocycles. The Hall–Kier alpha value is -1.86. The maximum absolute atomic E-state index is 12.9. The van der Waals surface area contributed by atoms with Crippen LogP contribution < -0.4 is 5.32 Å². The van der Waals surface area contributed by atoms with E-state index in [1.54, 1.807) is 27.6 Å². The van der Waals surface area contributed by atoms with Gasteiger partial charge in [0.05, 0.1) is 13.1 Å².